The van der Waals surface area contributed by atoms with Crippen LogP contribution < -0.4 is 4.90 Å². The van der Waals surface area contributed by atoms with Crippen molar-refractivity contribution in [3.8, 4) is 5.75 Å². The van der Waals surface area contributed by atoms with Gasteiger partial charge < -0.3 is 10.0 Å². The maximum Gasteiger partial charge on any atom is 0.139 e. The van der Waals surface area contributed by atoms with Crippen LogP contribution in [0.2, 0.25) is 0 Å². The summed E-state index contributed by atoms with van der Waals surface area (Å²) in [6.07, 6.45) is 0. The third-order valence-corrected chi connectivity index (χ3v) is 1.80. The molecule has 0 fully saturated rings. The summed E-state index contributed by atoms with van der Waals surface area (Å²) in [6, 6.07) is 1.86. The topological polar surface area (TPSA) is 36.4 Å². The molecule has 0 saturated carbocycles. The molecule has 0 aromatic carbocycles. The van der Waals surface area contributed by atoms with E-state index < -0.39 is 0 Å². The Morgan fingerprint density at radius 1 is 1.33 bits per heavy atom. The number of nitrogens with zero attached hydrogens (tertiary/aromatic N) is 2. The zero-order chi connectivity index (χ0) is 9.30. The lowest BCUT2D eigenvalue weighted by Gasteiger charge is -2.13. The van der Waals surface area contributed by atoms with Crippen molar-refractivity contribution < 1.29 is 5.11 Å². The van der Waals surface area contributed by atoms with Crippen molar-refractivity contribution >= 4 is 5.82 Å². The average molecular weight is 166 g/mol. The Morgan fingerprint density at radius 3 is 2.33 bits per heavy atom. The summed E-state index contributed by atoms with van der Waals surface area (Å²) >= 11 is 0. The molecular formula is C9H14N2O. The van der Waals surface area contributed by atoms with Crippen molar-refractivity contribution in [1.82, 2.24) is 4.98 Å². The van der Waals surface area contributed by atoms with Crippen LogP contribution in [0, 0.1) is 13.8 Å². The van der Waals surface area contributed by atoms with Gasteiger partial charge in [0, 0.05) is 14.1 Å². The minimum Gasteiger partial charge on any atom is -0.506 e. The fraction of sp³-hybridized carbons (Fsp3) is 0.444. The van der Waals surface area contributed by atoms with Gasteiger partial charge >= 0.3 is 0 Å². The van der Waals surface area contributed by atoms with Crippen LogP contribution >= 0.6 is 0 Å². The summed E-state index contributed by atoms with van der Waals surface area (Å²) < 4.78 is 0. The smallest absolute Gasteiger partial charge is 0.139 e. The first-order chi connectivity index (χ1) is 5.52. The van der Waals surface area contributed by atoms with Gasteiger partial charge in [-0.3, -0.25) is 0 Å². The number of aromatic hydroxyl groups is 1. The summed E-state index contributed by atoms with van der Waals surface area (Å²) in [4.78, 5) is 6.13. The molecule has 1 aromatic heterocycles. The lowest BCUT2D eigenvalue weighted by molar-refractivity contribution is 0.463. The molecule has 0 spiro atoms. The van der Waals surface area contributed by atoms with E-state index in [2.05, 4.69) is 4.98 Å². The van der Waals surface area contributed by atoms with Gasteiger partial charge in [-0.1, -0.05) is 0 Å². The highest BCUT2D eigenvalue weighted by Gasteiger charge is 2.05. The zero-order valence-corrected chi connectivity index (χ0v) is 7.92. The fourth-order valence-corrected chi connectivity index (χ4v) is 1.03. The van der Waals surface area contributed by atoms with Crippen molar-refractivity contribution in [2.24, 2.45) is 0 Å². The molecule has 66 valence electrons. The monoisotopic (exact) mass is 166 g/mol. The van der Waals surface area contributed by atoms with E-state index in [0.717, 1.165) is 11.4 Å². The summed E-state index contributed by atoms with van der Waals surface area (Å²) in [6.45, 7) is 3.67. The number of rotatable bonds is 1. The second-order valence-electron chi connectivity index (χ2n) is 3.13. The van der Waals surface area contributed by atoms with Crippen molar-refractivity contribution in [1.29, 1.82) is 0 Å². The first kappa shape index (κ1) is 8.84. The van der Waals surface area contributed by atoms with E-state index in [1.807, 2.05) is 32.0 Å². The Hall–Kier alpha value is -1.25. The highest BCUT2D eigenvalue weighted by Crippen LogP contribution is 2.23. The van der Waals surface area contributed by atoms with Gasteiger partial charge in [-0.15, -0.1) is 0 Å². The predicted molar refractivity (Wildman–Crippen MR) is 49.7 cm³/mol. The molecule has 0 radical (unpaired) electrons. The minimum atomic E-state index is 0.292. The Kier molecular flexibility index (Phi) is 2.22. The van der Waals surface area contributed by atoms with Crippen LogP contribution in [0.4, 0.5) is 5.82 Å². The van der Waals surface area contributed by atoms with E-state index in [-0.39, 0.29) is 0 Å². The molecule has 1 heterocycles. The third-order valence-electron chi connectivity index (χ3n) is 1.80. The van der Waals surface area contributed by atoms with E-state index in [4.69, 9.17) is 0 Å². The second kappa shape index (κ2) is 3.01. The van der Waals surface area contributed by atoms with Crippen molar-refractivity contribution in [2.75, 3.05) is 19.0 Å². The van der Waals surface area contributed by atoms with E-state index in [9.17, 15) is 5.11 Å². The van der Waals surface area contributed by atoms with E-state index in [1.165, 1.54) is 0 Å². The maximum atomic E-state index is 9.43. The molecule has 0 aliphatic heterocycles. The lowest BCUT2D eigenvalue weighted by Crippen LogP contribution is -2.11. The number of hydrogen-bond acceptors (Lipinski definition) is 3. The number of anilines is 1. The summed E-state index contributed by atoms with van der Waals surface area (Å²) in [7, 11) is 3.86. The Morgan fingerprint density at radius 2 is 1.92 bits per heavy atom. The first-order valence-electron chi connectivity index (χ1n) is 3.87. The third kappa shape index (κ3) is 1.49. The highest BCUT2D eigenvalue weighted by molar-refractivity contribution is 5.47. The van der Waals surface area contributed by atoms with Crippen LogP contribution in [0.15, 0.2) is 6.07 Å². The van der Waals surface area contributed by atoms with E-state index in [1.54, 1.807) is 6.92 Å². The second-order valence-corrected chi connectivity index (χ2v) is 3.13. The Bertz CT molecular complexity index is 272. The zero-order valence-electron chi connectivity index (χ0n) is 7.92. The summed E-state index contributed by atoms with van der Waals surface area (Å²) in [5.74, 6) is 1.17. The van der Waals surface area contributed by atoms with Crippen molar-refractivity contribution in [2.45, 2.75) is 13.8 Å². The normalized spacial score (nSPS) is 10.0. The molecular weight excluding hydrogens is 152 g/mol. The fourth-order valence-electron chi connectivity index (χ4n) is 1.03. The first-order valence-corrected chi connectivity index (χ1v) is 3.87. The lowest BCUT2D eigenvalue weighted by atomic mass is 10.2. The number of pyridine rings is 1. The van der Waals surface area contributed by atoms with Crippen LogP contribution in [-0.2, 0) is 0 Å². The molecule has 12 heavy (non-hydrogen) atoms. The van der Waals surface area contributed by atoms with Gasteiger partial charge in [0.15, 0.2) is 0 Å². The standard InChI is InChI=1S/C9H14N2O/c1-6-5-8(11(3)4)10-7(2)9(6)12/h5,12H,1-4H3. The van der Waals surface area contributed by atoms with Crippen molar-refractivity contribution in [3.05, 3.63) is 17.3 Å². The largest absolute Gasteiger partial charge is 0.506 e. The molecule has 1 rings (SSSR count). The van der Waals surface area contributed by atoms with Gasteiger partial charge in [-0.25, -0.2) is 4.98 Å². The molecule has 0 aliphatic rings. The highest BCUT2D eigenvalue weighted by atomic mass is 16.3. The average Bonchev–Trinajstić information content (AvgIpc) is 1.99. The molecule has 0 bridgehead atoms. The molecule has 3 heteroatoms. The van der Waals surface area contributed by atoms with Gasteiger partial charge in [0.25, 0.3) is 0 Å². The van der Waals surface area contributed by atoms with Crippen molar-refractivity contribution in [3.63, 3.8) is 0 Å². The molecule has 0 aliphatic carbocycles. The number of aryl methyl sites for hydroxylation is 2. The van der Waals surface area contributed by atoms with Gasteiger partial charge in [-0.05, 0) is 25.5 Å². The van der Waals surface area contributed by atoms with Gasteiger partial charge in [0.05, 0.1) is 5.69 Å². The summed E-state index contributed by atoms with van der Waals surface area (Å²) in [5.41, 5.74) is 1.55. The number of hydrogen-bond donors (Lipinski definition) is 1. The molecule has 0 unspecified atom stereocenters. The van der Waals surface area contributed by atoms with E-state index in [0.29, 0.717) is 11.4 Å². The van der Waals surface area contributed by atoms with Gasteiger partial charge in [0.1, 0.15) is 11.6 Å². The van der Waals surface area contributed by atoms with E-state index >= 15 is 0 Å². The van der Waals surface area contributed by atoms with Crippen LogP contribution in [0.5, 0.6) is 5.75 Å². The molecule has 1 aromatic rings. The van der Waals surface area contributed by atoms with Crippen LogP contribution in [-0.4, -0.2) is 24.2 Å². The quantitative estimate of drug-likeness (QED) is 0.686. The molecule has 0 saturated heterocycles. The molecule has 3 nitrogen and oxygen atoms in total. The van der Waals surface area contributed by atoms with Crippen LogP contribution in [0.3, 0.4) is 0 Å². The molecule has 1 N–H and O–H groups in total. The minimum absolute atomic E-state index is 0.292. The number of aromatic nitrogens is 1. The summed E-state index contributed by atoms with van der Waals surface area (Å²) in [5, 5.41) is 9.43. The Balaban J connectivity index is 3.21. The van der Waals surface area contributed by atoms with Crippen LogP contribution in [0.1, 0.15) is 11.3 Å². The SMILES string of the molecule is Cc1cc(N(C)C)nc(C)c1O. The van der Waals surface area contributed by atoms with Gasteiger partial charge in [0.2, 0.25) is 0 Å². The predicted octanol–water partition coefficient (Wildman–Crippen LogP) is 1.47. The maximum absolute atomic E-state index is 9.43. The molecule has 0 atom stereocenters. The molecule has 0 amide bonds. The van der Waals surface area contributed by atoms with Crippen LogP contribution in [0.25, 0.3) is 0 Å². The Labute approximate surface area is 72.7 Å². The van der Waals surface area contributed by atoms with Gasteiger partial charge in [-0.2, -0.15) is 0 Å².